The average molecular weight is 374 g/mol. The van der Waals surface area contributed by atoms with Crippen molar-refractivity contribution in [3.05, 3.63) is 64.3 Å². The highest BCUT2D eigenvalue weighted by molar-refractivity contribution is 7.17. The van der Waals surface area contributed by atoms with Crippen LogP contribution in [0.1, 0.15) is 15.4 Å². The van der Waals surface area contributed by atoms with Gasteiger partial charge in [-0.05, 0) is 43.3 Å². The second kappa shape index (κ2) is 8.09. The van der Waals surface area contributed by atoms with Crippen LogP contribution in [0.3, 0.4) is 0 Å². The molecule has 0 fully saturated rings. The number of rotatable bonds is 6. The van der Waals surface area contributed by atoms with Crippen molar-refractivity contribution in [2.45, 2.75) is 6.92 Å². The largest absolute Gasteiger partial charge is 0.492 e. The summed E-state index contributed by atoms with van der Waals surface area (Å²) in [5, 5.41) is 4.24. The molecule has 3 rings (SSSR count). The van der Waals surface area contributed by atoms with Crippen molar-refractivity contribution in [2.75, 3.05) is 13.2 Å². The third kappa shape index (κ3) is 4.55. The zero-order valence-corrected chi connectivity index (χ0v) is 15.1. The first-order valence-electron chi connectivity index (χ1n) is 7.69. The van der Waals surface area contributed by atoms with Gasteiger partial charge in [0.2, 0.25) is 0 Å². The molecule has 1 aromatic carbocycles. The second-order valence-corrected chi connectivity index (χ2v) is 6.64. The first-order valence-corrected chi connectivity index (χ1v) is 8.88. The quantitative estimate of drug-likeness (QED) is 0.664. The third-order valence-electron chi connectivity index (χ3n) is 3.36. The summed E-state index contributed by atoms with van der Waals surface area (Å²) in [5.41, 5.74) is 1.46. The summed E-state index contributed by atoms with van der Waals surface area (Å²) in [6.07, 6.45) is 1.71. The topological polar surface area (TPSA) is 64.1 Å². The molecule has 0 aliphatic carbocycles. The van der Waals surface area contributed by atoms with E-state index in [0.717, 1.165) is 10.7 Å². The van der Waals surface area contributed by atoms with E-state index >= 15 is 0 Å². The van der Waals surface area contributed by atoms with Gasteiger partial charge in [-0.2, -0.15) is 0 Å². The molecule has 25 heavy (non-hydrogen) atoms. The lowest BCUT2D eigenvalue weighted by atomic mass is 10.3. The SMILES string of the molecule is Cc1nc(-c2ccccn2)sc1C(=O)NCCOc1ccc(Cl)cc1. The normalized spacial score (nSPS) is 10.5. The molecule has 0 spiro atoms. The van der Waals surface area contributed by atoms with Crippen molar-refractivity contribution in [3.63, 3.8) is 0 Å². The predicted molar refractivity (Wildman–Crippen MR) is 99.4 cm³/mol. The standard InChI is InChI=1S/C18H16ClN3O2S/c1-12-16(25-18(22-12)15-4-2-3-9-20-15)17(23)21-10-11-24-14-7-5-13(19)6-8-14/h2-9H,10-11H2,1H3,(H,21,23). The Kier molecular flexibility index (Phi) is 5.63. The van der Waals surface area contributed by atoms with Gasteiger partial charge >= 0.3 is 0 Å². The van der Waals surface area contributed by atoms with Gasteiger partial charge in [0.15, 0.2) is 0 Å². The van der Waals surface area contributed by atoms with E-state index in [9.17, 15) is 4.79 Å². The Labute approximate surface area is 154 Å². The molecule has 5 nitrogen and oxygen atoms in total. The number of thiazole rings is 1. The number of hydrogen-bond acceptors (Lipinski definition) is 5. The summed E-state index contributed by atoms with van der Waals surface area (Å²) < 4.78 is 5.56. The molecule has 0 aliphatic rings. The van der Waals surface area contributed by atoms with E-state index in [0.29, 0.717) is 34.5 Å². The van der Waals surface area contributed by atoms with Crippen molar-refractivity contribution >= 4 is 28.8 Å². The van der Waals surface area contributed by atoms with Gasteiger partial charge in [0.25, 0.3) is 5.91 Å². The first kappa shape index (κ1) is 17.4. The molecule has 0 bridgehead atoms. The highest BCUT2D eigenvalue weighted by Gasteiger charge is 2.16. The van der Waals surface area contributed by atoms with E-state index in [1.807, 2.05) is 25.1 Å². The minimum Gasteiger partial charge on any atom is -0.492 e. The van der Waals surface area contributed by atoms with Gasteiger partial charge < -0.3 is 10.1 Å². The molecule has 3 aromatic rings. The average Bonchev–Trinajstić information content (AvgIpc) is 3.03. The minimum atomic E-state index is -0.156. The summed E-state index contributed by atoms with van der Waals surface area (Å²) in [5.74, 6) is 0.557. The van der Waals surface area contributed by atoms with E-state index in [-0.39, 0.29) is 5.91 Å². The number of aromatic nitrogens is 2. The van der Waals surface area contributed by atoms with E-state index in [1.165, 1.54) is 11.3 Å². The maximum absolute atomic E-state index is 12.3. The predicted octanol–water partition coefficient (Wildman–Crippen LogP) is 3.98. The van der Waals surface area contributed by atoms with Crippen LogP contribution in [0, 0.1) is 6.92 Å². The maximum Gasteiger partial charge on any atom is 0.263 e. The monoisotopic (exact) mass is 373 g/mol. The van der Waals surface area contributed by atoms with Crippen LogP contribution < -0.4 is 10.1 Å². The Bertz CT molecular complexity index is 851. The van der Waals surface area contributed by atoms with E-state index in [4.69, 9.17) is 16.3 Å². The molecule has 0 atom stereocenters. The molecule has 1 amide bonds. The molecule has 2 aromatic heterocycles. The van der Waals surface area contributed by atoms with Crippen molar-refractivity contribution in [2.24, 2.45) is 0 Å². The van der Waals surface area contributed by atoms with Gasteiger partial charge in [-0.3, -0.25) is 9.78 Å². The Morgan fingerprint density at radius 1 is 1.24 bits per heavy atom. The number of nitrogens with zero attached hydrogens (tertiary/aromatic N) is 2. The Morgan fingerprint density at radius 2 is 2.04 bits per heavy atom. The molecule has 1 N–H and O–H groups in total. The van der Waals surface area contributed by atoms with Crippen LogP contribution in [0.4, 0.5) is 0 Å². The number of halogens is 1. The van der Waals surface area contributed by atoms with Crippen LogP contribution in [0.25, 0.3) is 10.7 Å². The Morgan fingerprint density at radius 3 is 2.76 bits per heavy atom. The van der Waals surface area contributed by atoms with Crippen LogP contribution in [0.15, 0.2) is 48.7 Å². The van der Waals surface area contributed by atoms with Crippen LogP contribution in [-0.2, 0) is 0 Å². The lowest BCUT2D eigenvalue weighted by Gasteiger charge is -2.07. The smallest absolute Gasteiger partial charge is 0.263 e. The highest BCUT2D eigenvalue weighted by atomic mass is 35.5. The molecule has 128 valence electrons. The Balaban J connectivity index is 1.55. The van der Waals surface area contributed by atoms with Crippen molar-refractivity contribution < 1.29 is 9.53 Å². The van der Waals surface area contributed by atoms with Gasteiger partial charge in [0.1, 0.15) is 22.2 Å². The molecule has 0 saturated heterocycles. The minimum absolute atomic E-state index is 0.156. The summed E-state index contributed by atoms with van der Waals surface area (Å²) in [7, 11) is 0. The number of carbonyl (C=O) groups is 1. The highest BCUT2D eigenvalue weighted by Crippen LogP contribution is 2.26. The Hall–Kier alpha value is -2.44. The fourth-order valence-corrected chi connectivity index (χ4v) is 3.24. The van der Waals surface area contributed by atoms with Gasteiger partial charge in [-0.25, -0.2) is 4.98 Å². The molecule has 0 unspecified atom stereocenters. The molecule has 2 heterocycles. The van der Waals surface area contributed by atoms with Gasteiger partial charge in [-0.15, -0.1) is 11.3 Å². The van der Waals surface area contributed by atoms with Crippen LogP contribution >= 0.6 is 22.9 Å². The van der Waals surface area contributed by atoms with Crippen LogP contribution in [0.5, 0.6) is 5.75 Å². The number of pyridine rings is 1. The number of carbonyl (C=O) groups excluding carboxylic acids is 1. The van der Waals surface area contributed by atoms with E-state index in [1.54, 1.807) is 30.5 Å². The number of benzene rings is 1. The third-order valence-corrected chi connectivity index (χ3v) is 4.79. The number of ether oxygens (including phenoxy) is 1. The number of amides is 1. The van der Waals surface area contributed by atoms with Crippen LogP contribution in [-0.4, -0.2) is 29.0 Å². The number of hydrogen-bond donors (Lipinski definition) is 1. The van der Waals surface area contributed by atoms with Gasteiger partial charge in [0.05, 0.1) is 17.9 Å². The van der Waals surface area contributed by atoms with E-state index in [2.05, 4.69) is 15.3 Å². The van der Waals surface area contributed by atoms with Crippen molar-refractivity contribution in [1.29, 1.82) is 0 Å². The molecule has 0 saturated carbocycles. The maximum atomic E-state index is 12.3. The molecule has 7 heteroatoms. The molecular formula is C18H16ClN3O2S. The van der Waals surface area contributed by atoms with E-state index < -0.39 is 0 Å². The summed E-state index contributed by atoms with van der Waals surface area (Å²) >= 11 is 7.16. The fraction of sp³-hybridized carbons (Fsp3) is 0.167. The molecule has 0 radical (unpaired) electrons. The number of aryl methyl sites for hydroxylation is 1. The summed E-state index contributed by atoms with van der Waals surface area (Å²) in [6, 6.07) is 12.7. The second-order valence-electron chi connectivity index (χ2n) is 5.21. The van der Waals surface area contributed by atoms with Crippen molar-refractivity contribution in [1.82, 2.24) is 15.3 Å². The summed E-state index contributed by atoms with van der Waals surface area (Å²) in [6.45, 7) is 2.60. The molecular weight excluding hydrogens is 358 g/mol. The van der Waals surface area contributed by atoms with Gasteiger partial charge in [-0.1, -0.05) is 17.7 Å². The molecule has 0 aliphatic heterocycles. The zero-order valence-electron chi connectivity index (χ0n) is 13.5. The van der Waals surface area contributed by atoms with Crippen molar-refractivity contribution in [3.8, 4) is 16.5 Å². The fourth-order valence-electron chi connectivity index (χ4n) is 2.15. The lowest BCUT2D eigenvalue weighted by molar-refractivity contribution is 0.0950. The first-order chi connectivity index (χ1) is 12.1. The summed E-state index contributed by atoms with van der Waals surface area (Å²) in [4.78, 5) is 21.6. The lowest BCUT2D eigenvalue weighted by Crippen LogP contribution is -2.27. The number of nitrogens with one attached hydrogen (secondary N) is 1. The van der Waals surface area contributed by atoms with Gasteiger partial charge in [0, 0.05) is 11.2 Å². The zero-order chi connectivity index (χ0) is 17.6. The van der Waals surface area contributed by atoms with Crippen LogP contribution in [0.2, 0.25) is 5.02 Å².